The van der Waals surface area contributed by atoms with Crippen LogP contribution in [0.25, 0.3) is 11.4 Å². The van der Waals surface area contributed by atoms with Gasteiger partial charge >= 0.3 is 0 Å². The number of imidazole rings is 1. The first-order valence-electron chi connectivity index (χ1n) is 6.77. The molecule has 110 valence electrons. The molecule has 0 aliphatic rings. The molecule has 3 rings (SSSR count). The molecule has 0 unspecified atom stereocenters. The van der Waals surface area contributed by atoms with Crippen LogP contribution in [0.15, 0.2) is 59.6 Å². The van der Waals surface area contributed by atoms with Gasteiger partial charge in [-0.3, -0.25) is 4.99 Å². The lowest BCUT2D eigenvalue weighted by molar-refractivity contribution is 1.07. The van der Waals surface area contributed by atoms with Gasteiger partial charge in [0.15, 0.2) is 0 Å². The average Bonchev–Trinajstić information content (AvgIpc) is 2.91. The van der Waals surface area contributed by atoms with E-state index in [2.05, 4.69) is 15.0 Å². The maximum Gasteiger partial charge on any atom is 0.139 e. The predicted octanol–water partition coefficient (Wildman–Crippen LogP) is 5.00. The normalized spacial score (nSPS) is 11.2. The molecule has 3 aromatic rings. The van der Waals surface area contributed by atoms with E-state index in [0.717, 1.165) is 22.0 Å². The Balaban J connectivity index is 1.74. The van der Waals surface area contributed by atoms with Crippen LogP contribution in [-0.4, -0.2) is 16.2 Å². The standard InChI is InChI=1S/C17H13Cl2N3/c18-14-8-6-12(7-9-14)10-20-11-15-16(19)22-17(21-15)13-4-2-1-3-5-13/h1-9,11H,10H2,(H,21,22). The molecule has 1 heterocycles. The van der Waals surface area contributed by atoms with Crippen molar-refractivity contribution in [1.82, 2.24) is 9.97 Å². The molecule has 5 heteroatoms. The third-order valence-electron chi connectivity index (χ3n) is 3.13. The molecule has 0 bridgehead atoms. The molecule has 1 aromatic heterocycles. The Bertz CT molecular complexity index is 777. The van der Waals surface area contributed by atoms with Gasteiger partial charge in [-0.05, 0) is 17.7 Å². The van der Waals surface area contributed by atoms with Gasteiger partial charge in [0.1, 0.15) is 16.7 Å². The number of nitrogens with zero attached hydrogens (tertiary/aromatic N) is 2. The zero-order valence-electron chi connectivity index (χ0n) is 11.6. The fourth-order valence-corrected chi connectivity index (χ4v) is 2.32. The SMILES string of the molecule is Clc1ccc(CN=Cc2nc(-c3ccccc3)[nH]c2Cl)cc1. The first-order chi connectivity index (χ1) is 10.7. The van der Waals surface area contributed by atoms with Crippen LogP contribution in [0, 0.1) is 0 Å². The van der Waals surface area contributed by atoms with Crippen LogP contribution < -0.4 is 0 Å². The fraction of sp³-hybridized carbons (Fsp3) is 0.0588. The molecule has 0 atom stereocenters. The summed E-state index contributed by atoms with van der Waals surface area (Å²) in [7, 11) is 0. The Morgan fingerprint density at radius 1 is 1.00 bits per heavy atom. The van der Waals surface area contributed by atoms with Crippen LogP contribution in [0.5, 0.6) is 0 Å². The van der Waals surface area contributed by atoms with Gasteiger partial charge in [0.2, 0.25) is 0 Å². The van der Waals surface area contributed by atoms with Crippen molar-refractivity contribution in [2.75, 3.05) is 0 Å². The van der Waals surface area contributed by atoms with Crippen molar-refractivity contribution in [3.05, 3.63) is 76.0 Å². The van der Waals surface area contributed by atoms with E-state index in [-0.39, 0.29) is 0 Å². The van der Waals surface area contributed by atoms with Crippen molar-refractivity contribution in [3.63, 3.8) is 0 Å². The molecular formula is C17H13Cl2N3. The van der Waals surface area contributed by atoms with Crippen molar-refractivity contribution in [3.8, 4) is 11.4 Å². The van der Waals surface area contributed by atoms with E-state index in [9.17, 15) is 0 Å². The second-order valence-corrected chi connectivity index (χ2v) is 5.56. The number of nitrogens with one attached hydrogen (secondary N) is 1. The van der Waals surface area contributed by atoms with Gasteiger partial charge in [0.05, 0.1) is 12.8 Å². The van der Waals surface area contributed by atoms with Crippen LogP contribution in [-0.2, 0) is 6.54 Å². The summed E-state index contributed by atoms with van der Waals surface area (Å²) in [5.74, 6) is 0.735. The summed E-state index contributed by atoms with van der Waals surface area (Å²) in [4.78, 5) is 11.9. The quantitative estimate of drug-likeness (QED) is 0.672. The third-order valence-corrected chi connectivity index (χ3v) is 3.67. The molecule has 0 radical (unpaired) electrons. The maximum absolute atomic E-state index is 6.17. The maximum atomic E-state index is 6.17. The highest BCUT2D eigenvalue weighted by Crippen LogP contribution is 2.20. The number of aliphatic imine (C=N–C) groups is 1. The summed E-state index contributed by atoms with van der Waals surface area (Å²) >= 11 is 12.0. The minimum Gasteiger partial charge on any atom is -0.328 e. The number of aromatic nitrogens is 2. The Hall–Kier alpha value is -2.10. The van der Waals surface area contributed by atoms with Crippen LogP contribution in [0.4, 0.5) is 0 Å². The second-order valence-electron chi connectivity index (χ2n) is 4.75. The van der Waals surface area contributed by atoms with E-state index in [1.54, 1.807) is 6.21 Å². The van der Waals surface area contributed by atoms with Gasteiger partial charge in [-0.25, -0.2) is 4.98 Å². The number of rotatable bonds is 4. The number of hydrogen-bond acceptors (Lipinski definition) is 2. The highest BCUT2D eigenvalue weighted by atomic mass is 35.5. The van der Waals surface area contributed by atoms with Crippen LogP contribution in [0.3, 0.4) is 0 Å². The molecular weight excluding hydrogens is 317 g/mol. The number of benzene rings is 2. The van der Waals surface area contributed by atoms with Crippen molar-refractivity contribution in [1.29, 1.82) is 0 Å². The molecule has 0 aliphatic carbocycles. The summed E-state index contributed by atoms with van der Waals surface area (Å²) in [6.45, 7) is 0.557. The Kier molecular flexibility index (Phi) is 4.56. The topological polar surface area (TPSA) is 41.0 Å². The average molecular weight is 330 g/mol. The third kappa shape index (κ3) is 3.56. The van der Waals surface area contributed by atoms with E-state index in [4.69, 9.17) is 23.2 Å². The Morgan fingerprint density at radius 2 is 1.73 bits per heavy atom. The number of aromatic amines is 1. The summed E-state index contributed by atoms with van der Waals surface area (Å²) in [6.07, 6.45) is 1.68. The molecule has 0 saturated carbocycles. The van der Waals surface area contributed by atoms with Gasteiger partial charge in [-0.15, -0.1) is 0 Å². The highest BCUT2D eigenvalue weighted by molar-refractivity contribution is 6.32. The van der Waals surface area contributed by atoms with E-state index >= 15 is 0 Å². The van der Waals surface area contributed by atoms with Gasteiger partial charge in [0.25, 0.3) is 0 Å². The van der Waals surface area contributed by atoms with E-state index in [0.29, 0.717) is 17.4 Å². The Morgan fingerprint density at radius 3 is 2.45 bits per heavy atom. The number of halogens is 2. The summed E-state index contributed by atoms with van der Waals surface area (Å²) in [5.41, 5.74) is 2.70. The molecule has 0 amide bonds. The first kappa shape index (κ1) is 14.8. The Labute approximate surface area is 138 Å². The molecule has 0 aliphatic heterocycles. The summed E-state index contributed by atoms with van der Waals surface area (Å²) in [6, 6.07) is 17.4. The molecule has 0 spiro atoms. The zero-order chi connectivity index (χ0) is 15.4. The van der Waals surface area contributed by atoms with Crippen molar-refractivity contribution >= 4 is 29.4 Å². The fourth-order valence-electron chi connectivity index (χ4n) is 2.01. The number of hydrogen-bond donors (Lipinski definition) is 1. The highest BCUT2D eigenvalue weighted by Gasteiger charge is 2.07. The monoisotopic (exact) mass is 329 g/mol. The van der Waals surface area contributed by atoms with Crippen LogP contribution in [0.2, 0.25) is 10.2 Å². The van der Waals surface area contributed by atoms with Crippen LogP contribution in [0.1, 0.15) is 11.3 Å². The van der Waals surface area contributed by atoms with Gasteiger partial charge < -0.3 is 4.98 Å². The minimum absolute atomic E-state index is 0.485. The lowest BCUT2D eigenvalue weighted by atomic mass is 10.2. The van der Waals surface area contributed by atoms with Gasteiger partial charge in [0, 0.05) is 10.6 Å². The lowest BCUT2D eigenvalue weighted by Gasteiger charge is -1.95. The van der Waals surface area contributed by atoms with Gasteiger partial charge in [-0.2, -0.15) is 0 Å². The summed E-state index contributed by atoms with van der Waals surface area (Å²) < 4.78 is 0. The second kappa shape index (κ2) is 6.77. The molecule has 3 nitrogen and oxygen atoms in total. The molecule has 0 saturated heterocycles. The molecule has 2 aromatic carbocycles. The number of H-pyrrole nitrogens is 1. The minimum atomic E-state index is 0.485. The molecule has 1 N–H and O–H groups in total. The van der Waals surface area contributed by atoms with Gasteiger partial charge in [-0.1, -0.05) is 65.7 Å². The molecule has 0 fully saturated rings. The lowest BCUT2D eigenvalue weighted by Crippen LogP contribution is -1.86. The predicted molar refractivity (Wildman–Crippen MR) is 91.8 cm³/mol. The summed E-state index contributed by atoms with van der Waals surface area (Å²) in [5, 5.41) is 1.20. The smallest absolute Gasteiger partial charge is 0.139 e. The van der Waals surface area contributed by atoms with E-state index in [1.807, 2.05) is 54.6 Å². The van der Waals surface area contributed by atoms with Crippen molar-refractivity contribution in [2.45, 2.75) is 6.54 Å². The van der Waals surface area contributed by atoms with E-state index < -0.39 is 0 Å². The van der Waals surface area contributed by atoms with Crippen molar-refractivity contribution in [2.24, 2.45) is 4.99 Å². The zero-order valence-corrected chi connectivity index (χ0v) is 13.1. The largest absolute Gasteiger partial charge is 0.328 e. The van der Waals surface area contributed by atoms with Crippen LogP contribution >= 0.6 is 23.2 Å². The molecule has 22 heavy (non-hydrogen) atoms. The van der Waals surface area contributed by atoms with Crippen molar-refractivity contribution < 1.29 is 0 Å². The van der Waals surface area contributed by atoms with E-state index in [1.165, 1.54) is 0 Å². The first-order valence-corrected chi connectivity index (χ1v) is 7.53.